The van der Waals surface area contributed by atoms with Gasteiger partial charge in [0.1, 0.15) is 6.54 Å². The number of nitrogens with one attached hydrogen (secondary N) is 2. The van der Waals surface area contributed by atoms with E-state index in [2.05, 4.69) is 27.0 Å². The summed E-state index contributed by atoms with van der Waals surface area (Å²) in [5.41, 5.74) is 6.33. The maximum Gasteiger partial charge on any atom is 0.247 e. The summed E-state index contributed by atoms with van der Waals surface area (Å²) in [5, 5.41) is 13.0. The van der Waals surface area contributed by atoms with E-state index in [4.69, 9.17) is 9.47 Å². The van der Waals surface area contributed by atoms with Crippen molar-refractivity contribution >= 4 is 34.8 Å². The third kappa shape index (κ3) is 5.41. The summed E-state index contributed by atoms with van der Waals surface area (Å²) in [7, 11) is 3.15. The molecule has 3 aliphatic rings. The second-order valence-electron chi connectivity index (χ2n) is 9.87. The molecular weight excluding hydrogens is 498 g/mol. The number of allylic oxidation sites excluding steroid dienone is 2. The Kier molecular flexibility index (Phi) is 7.44. The molecule has 0 spiro atoms. The Bertz CT molecular complexity index is 1380. The van der Waals surface area contributed by atoms with Crippen molar-refractivity contribution in [2.75, 3.05) is 26.1 Å². The van der Waals surface area contributed by atoms with Gasteiger partial charge in [-0.05, 0) is 48.7 Å². The first kappa shape index (κ1) is 26.1. The highest BCUT2D eigenvalue weighted by atomic mass is 16.5. The Hall–Kier alpha value is -4.47. The number of anilines is 1. The zero-order valence-corrected chi connectivity index (χ0v) is 22.1. The van der Waals surface area contributed by atoms with Gasteiger partial charge in [0.15, 0.2) is 11.5 Å². The second-order valence-corrected chi connectivity index (χ2v) is 9.87. The van der Waals surface area contributed by atoms with E-state index in [1.54, 1.807) is 26.4 Å². The van der Waals surface area contributed by atoms with Crippen molar-refractivity contribution in [3.63, 3.8) is 0 Å². The molecule has 0 saturated heterocycles. The quantitative estimate of drug-likeness (QED) is 0.533. The van der Waals surface area contributed by atoms with Gasteiger partial charge in [-0.2, -0.15) is 10.2 Å². The summed E-state index contributed by atoms with van der Waals surface area (Å²) in [6, 6.07) is 12.8. The normalized spacial score (nSPS) is 22.3. The lowest BCUT2D eigenvalue weighted by molar-refractivity contribution is -0.140. The number of rotatable bonds is 7. The Labute approximate surface area is 226 Å². The van der Waals surface area contributed by atoms with E-state index in [-0.39, 0.29) is 42.0 Å². The second kappa shape index (κ2) is 11.1. The number of methoxy groups -OCH3 is 2. The largest absolute Gasteiger partial charge is 0.493 e. The predicted octanol–water partition coefficient (Wildman–Crippen LogP) is 3.33. The number of ether oxygens (including phenoxy) is 2. The average molecular weight is 530 g/mol. The number of carbonyl (C=O) groups is 3. The Balaban J connectivity index is 1.34. The molecule has 39 heavy (non-hydrogen) atoms. The predicted molar refractivity (Wildman–Crippen MR) is 147 cm³/mol. The van der Waals surface area contributed by atoms with Crippen LogP contribution in [0.1, 0.15) is 37.3 Å². The van der Waals surface area contributed by atoms with Crippen LogP contribution in [0, 0.1) is 17.8 Å². The molecule has 3 atom stereocenters. The minimum Gasteiger partial charge on any atom is -0.493 e. The van der Waals surface area contributed by atoms with Gasteiger partial charge in [-0.25, -0.2) is 10.4 Å². The number of hydrazone groups is 2. The van der Waals surface area contributed by atoms with Crippen LogP contribution in [0.2, 0.25) is 0 Å². The molecule has 0 saturated carbocycles. The van der Waals surface area contributed by atoms with Crippen molar-refractivity contribution in [3.05, 3.63) is 65.7 Å². The van der Waals surface area contributed by atoms with Crippen LogP contribution in [-0.2, 0) is 14.4 Å². The van der Waals surface area contributed by atoms with Gasteiger partial charge in [-0.3, -0.25) is 14.4 Å². The minimum atomic E-state index is -0.355. The first-order valence-corrected chi connectivity index (χ1v) is 12.9. The van der Waals surface area contributed by atoms with Crippen LogP contribution in [0.4, 0.5) is 5.69 Å². The van der Waals surface area contributed by atoms with E-state index >= 15 is 0 Å². The molecule has 2 aromatic carbocycles. The van der Waals surface area contributed by atoms with E-state index in [9.17, 15) is 14.4 Å². The maximum atomic E-state index is 13.3. The zero-order valence-electron chi connectivity index (χ0n) is 22.1. The highest BCUT2D eigenvalue weighted by Crippen LogP contribution is 2.37. The smallest absolute Gasteiger partial charge is 0.247 e. The molecule has 2 N–H and O–H groups in total. The average Bonchev–Trinajstić information content (AvgIpc) is 2.95. The van der Waals surface area contributed by atoms with E-state index in [0.717, 1.165) is 22.6 Å². The Morgan fingerprint density at radius 2 is 1.67 bits per heavy atom. The standard InChI is InChI=1S/C29H31N5O5/c1-17-14-25(35)31-32-27(17)18-8-11-20(12-9-18)30-26(36)16-34-29(37)22-7-5-4-6-21(22)28(33-34)19-10-13-23(38-2)24(15-19)39-3/h4-5,8-13,15,17,21-22H,6-7,14,16H2,1-3H3,(H,30,36)(H,31,35)/t17?,21-,22+/m1/s1. The molecule has 5 rings (SSSR count). The number of hydrogen-bond donors (Lipinski definition) is 2. The molecule has 10 heteroatoms. The molecule has 0 radical (unpaired) electrons. The monoisotopic (exact) mass is 529 g/mol. The van der Waals surface area contributed by atoms with Crippen molar-refractivity contribution in [3.8, 4) is 11.5 Å². The van der Waals surface area contributed by atoms with E-state index in [1.165, 1.54) is 5.01 Å². The van der Waals surface area contributed by atoms with Crippen LogP contribution in [0.15, 0.2) is 64.8 Å². The molecule has 2 heterocycles. The first-order valence-electron chi connectivity index (χ1n) is 12.9. The summed E-state index contributed by atoms with van der Waals surface area (Å²) in [6.45, 7) is 1.74. The zero-order chi connectivity index (χ0) is 27.5. The summed E-state index contributed by atoms with van der Waals surface area (Å²) in [6.07, 6.45) is 5.76. The fourth-order valence-corrected chi connectivity index (χ4v) is 5.28. The molecule has 2 aromatic rings. The Morgan fingerprint density at radius 3 is 2.36 bits per heavy atom. The summed E-state index contributed by atoms with van der Waals surface area (Å²) in [5.74, 6) is 0.184. The van der Waals surface area contributed by atoms with Crippen molar-refractivity contribution in [1.29, 1.82) is 0 Å². The van der Waals surface area contributed by atoms with Gasteiger partial charge in [-0.1, -0.05) is 31.2 Å². The number of hydrogen-bond acceptors (Lipinski definition) is 7. The SMILES string of the molecule is COc1ccc(C2=NN(CC(=O)Nc3ccc(C4=NNC(=O)CC4C)cc3)C(=O)[C@H]3CC=CC[C@@H]23)cc1OC. The number of benzene rings is 2. The van der Waals surface area contributed by atoms with Crippen molar-refractivity contribution < 1.29 is 23.9 Å². The Morgan fingerprint density at radius 1 is 0.974 bits per heavy atom. The fourth-order valence-electron chi connectivity index (χ4n) is 5.28. The first-order chi connectivity index (χ1) is 18.9. The topological polar surface area (TPSA) is 122 Å². The van der Waals surface area contributed by atoms with Gasteiger partial charge >= 0.3 is 0 Å². The van der Waals surface area contributed by atoms with Crippen LogP contribution in [0.3, 0.4) is 0 Å². The van der Waals surface area contributed by atoms with Crippen molar-refractivity contribution in [1.82, 2.24) is 10.4 Å². The molecule has 2 aliphatic heterocycles. The number of nitrogens with zero attached hydrogens (tertiary/aromatic N) is 3. The van der Waals surface area contributed by atoms with Gasteiger partial charge in [0, 0.05) is 29.5 Å². The van der Waals surface area contributed by atoms with E-state index in [1.807, 2.05) is 43.3 Å². The summed E-state index contributed by atoms with van der Waals surface area (Å²) >= 11 is 0. The lowest BCUT2D eigenvalue weighted by Crippen LogP contribution is -2.47. The molecule has 1 aliphatic carbocycles. The van der Waals surface area contributed by atoms with Crippen molar-refractivity contribution in [2.24, 2.45) is 28.0 Å². The maximum absolute atomic E-state index is 13.3. The van der Waals surface area contributed by atoms with Crippen LogP contribution in [0.25, 0.3) is 0 Å². The highest BCUT2D eigenvalue weighted by molar-refractivity contribution is 6.08. The highest BCUT2D eigenvalue weighted by Gasteiger charge is 2.40. The fraction of sp³-hybridized carbons (Fsp3) is 0.345. The molecule has 202 valence electrons. The molecular formula is C29H31N5O5. The van der Waals surface area contributed by atoms with E-state index < -0.39 is 0 Å². The third-order valence-electron chi connectivity index (χ3n) is 7.28. The van der Waals surface area contributed by atoms with Crippen LogP contribution < -0.4 is 20.2 Å². The summed E-state index contributed by atoms with van der Waals surface area (Å²) < 4.78 is 10.8. The van der Waals surface area contributed by atoms with Gasteiger partial charge in [0.05, 0.1) is 31.6 Å². The molecule has 1 unspecified atom stereocenters. The van der Waals surface area contributed by atoms with E-state index in [0.29, 0.717) is 36.4 Å². The van der Waals surface area contributed by atoms with Crippen LogP contribution in [0.5, 0.6) is 11.5 Å². The molecule has 0 bridgehead atoms. The van der Waals surface area contributed by atoms with Gasteiger partial charge < -0.3 is 14.8 Å². The lowest BCUT2D eigenvalue weighted by Gasteiger charge is -2.36. The lowest BCUT2D eigenvalue weighted by atomic mass is 9.76. The minimum absolute atomic E-state index is 0.000454. The molecule has 10 nitrogen and oxygen atoms in total. The molecule has 0 fully saturated rings. The van der Waals surface area contributed by atoms with Crippen molar-refractivity contribution in [2.45, 2.75) is 26.2 Å². The van der Waals surface area contributed by atoms with Gasteiger partial charge in [-0.15, -0.1) is 0 Å². The van der Waals surface area contributed by atoms with Crippen LogP contribution >= 0.6 is 0 Å². The summed E-state index contributed by atoms with van der Waals surface area (Å²) in [4.78, 5) is 37.9. The number of fused-ring (bicyclic) bond motifs is 1. The number of amides is 3. The van der Waals surface area contributed by atoms with Gasteiger partial charge in [0.25, 0.3) is 0 Å². The number of carbonyl (C=O) groups excluding carboxylic acids is 3. The van der Waals surface area contributed by atoms with Crippen LogP contribution in [-0.4, -0.2) is 54.9 Å². The molecule has 0 aromatic heterocycles. The third-order valence-corrected chi connectivity index (χ3v) is 7.28. The van der Waals surface area contributed by atoms with Gasteiger partial charge in [0.2, 0.25) is 17.7 Å². The molecule has 3 amide bonds.